The average Bonchev–Trinajstić information content (AvgIpc) is 3.04. The Bertz CT molecular complexity index is 618. The van der Waals surface area contributed by atoms with E-state index in [0.29, 0.717) is 5.69 Å². The quantitative estimate of drug-likeness (QED) is 0.567. The molecule has 110 valence electrons. The lowest BCUT2D eigenvalue weighted by atomic mass is 9.81. The van der Waals surface area contributed by atoms with Crippen LogP contribution in [0.3, 0.4) is 0 Å². The van der Waals surface area contributed by atoms with Crippen molar-refractivity contribution in [2.45, 2.75) is 16.1 Å². The maximum atomic E-state index is 12.7. The molecule has 0 spiro atoms. The number of carbonyl (C=O) groups is 2. The number of amides is 2. The number of alkyl halides is 2. The Labute approximate surface area is 138 Å². The summed E-state index contributed by atoms with van der Waals surface area (Å²) < 4.78 is 0. The Kier molecular flexibility index (Phi) is 2.99. The lowest BCUT2D eigenvalue weighted by molar-refractivity contribution is -0.123. The Hall–Kier alpha value is -0.880. The standard InChI is InChI=1S/C15H13Br2NO3/c16-12-8-5-9(13(12)17)11-10(8)14(20)18(15(11)21)6-2-1-3-7(19)4-6/h1-4,8-13,19H,5H2/t8-,9+,10-,11-,12+,13+/m0/s1. The van der Waals surface area contributed by atoms with Gasteiger partial charge in [-0.15, -0.1) is 0 Å². The van der Waals surface area contributed by atoms with Crippen molar-refractivity contribution in [3.05, 3.63) is 24.3 Å². The minimum atomic E-state index is -0.219. The van der Waals surface area contributed by atoms with Crippen molar-refractivity contribution in [3.8, 4) is 5.75 Å². The number of hydrogen-bond donors (Lipinski definition) is 1. The Morgan fingerprint density at radius 2 is 1.62 bits per heavy atom. The molecule has 1 aromatic rings. The summed E-state index contributed by atoms with van der Waals surface area (Å²) in [5.41, 5.74) is 0.469. The summed E-state index contributed by atoms with van der Waals surface area (Å²) in [6, 6.07) is 6.34. The SMILES string of the molecule is O=C1[C@H]2[C@@H]3C[C@@H]([C@@H](Br)[C@@H]3Br)[C@@H]2C(=O)N1c1cccc(O)c1. The number of aromatic hydroxyl groups is 1. The third kappa shape index (κ3) is 1.72. The first-order valence-corrected chi connectivity index (χ1v) is 8.79. The molecule has 1 saturated heterocycles. The maximum Gasteiger partial charge on any atom is 0.238 e. The van der Waals surface area contributed by atoms with Crippen LogP contribution in [0.25, 0.3) is 0 Å². The molecule has 1 aromatic carbocycles. The highest BCUT2D eigenvalue weighted by molar-refractivity contribution is 9.12. The number of anilines is 1. The van der Waals surface area contributed by atoms with Crippen LogP contribution in [0.4, 0.5) is 5.69 Å². The summed E-state index contributed by atoms with van der Waals surface area (Å²) in [6.07, 6.45) is 0.923. The first kappa shape index (κ1) is 13.8. The zero-order valence-corrected chi connectivity index (χ0v) is 14.1. The van der Waals surface area contributed by atoms with Gasteiger partial charge in [0, 0.05) is 15.7 Å². The van der Waals surface area contributed by atoms with Crippen LogP contribution in [-0.4, -0.2) is 26.6 Å². The molecule has 4 rings (SSSR count). The zero-order chi connectivity index (χ0) is 14.9. The fraction of sp³-hybridized carbons (Fsp3) is 0.467. The molecule has 0 unspecified atom stereocenters. The molecule has 0 aromatic heterocycles. The molecule has 1 heterocycles. The molecule has 4 nitrogen and oxygen atoms in total. The van der Waals surface area contributed by atoms with E-state index < -0.39 is 0 Å². The van der Waals surface area contributed by atoms with Crippen LogP contribution in [0.15, 0.2) is 24.3 Å². The molecule has 0 radical (unpaired) electrons. The highest BCUT2D eigenvalue weighted by Gasteiger charge is 2.66. The summed E-state index contributed by atoms with van der Waals surface area (Å²) in [5, 5.41) is 9.59. The number of phenolic OH excluding ortho intramolecular Hbond substituents is 1. The third-order valence-electron chi connectivity index (χ3n) is 5.08. The number of benzene rings is 1. The fourth-order valence-electron chi connectivity index (χ4n) is 4.24. The number of carbonyl (C=O) groups excluding carboxylic acids is 2. The predicted molar refractivity (Wildman–Crippen MR) is 84.6 cm³/mol. The van der Waals surface area contributed by atoms with Gasteiger partial charge in [0.15, 0.2) is 0 Å². The van der Waals surface area contributed by atoms with Gasteiger partial charge in [0.1, 0.15) is 5.75 Å². The molecule has 3 fully saturated rings. The third-order valence-corrected chi connectivity index (χ3v) is 8.28. The maximum absolute atomic E-state index is 12.7. The van der Waals surface area contributed by atoms with Gasteiger partial charge in [0.25, 0.3) is 0 Å². The van der Waals surface area contributed by atoms with Gasteiger partial charge in [0.2, 0.25) is 11.8 Å². The second-order valence-corrected chi connectivity index (χ2v) is 8.15. The molecular formula is C15H13Br2NO3. The number of phenols is 1. The lowest BCUT2D eigenvalue weighted by Crippen LogP contribution is -2.37. The van der Waals surface area contributed by atoms with Gasteiger partial charge >= 0.3 is 0 Å². The van der Waals surface area contributed by atoms with E-state index in [9.17, 15) is 14.7 Å². The molecular weight excluding hydrogens is 402 g/mol. The summed E-state index contributed by atoms with van der Waals surface area (Å²) in [4.78, 5) is 27.2. The van der Waals surface area contributed by atoms with E-state index >= 15 is 0 Å². The van der Waals surface area contributed by atoms with Crippen molar-refractivity contribution in [1.29, 1.82) is 0 Å². The summed E-state index contributed by atoms with van der Waals surface area (Å²) in [5.74, 6) is -0.193. The van der Waals surface area contributed by atoms with Crippen molar-refractivity contribution in [2.75, 3.05) is 4.90 Å². The van der Waals surface area contributed by atoms with Crippen molar-refractivity contribution in [1.82, 2.24) is 0 Å². The predicted octanol–water partition coefficient (Wildman–Crippen LogP) is 2.67. The van der Waals surface area contributed by atoms with Crippen LogP contribution >= 0.6 is 31.9 Å². The summed E-state index contributed by atoms with van der Waals surface area (Å²) in [6.45, 7) is 0. The molecule has 21 heavy (non-hydrogen) atoms. The van der Waals surface area contributed by atoms with Crippen molar-refractivity contribution >= 4 is 49.4 Å². The van der Waals surface area contributed by atoms with Crippen molar-refractivity contribution in [3.63, 3.8) is 0 Å². The number of fused-ring (bicyclic) bond motifs is 5. The molecule has 2 bridgehead atoms. The Balaban J connectivity index is 1.75. The molecule has 6 heteroatoms. The number of imide groups is 1. The summed E-state index contributed by atoms with van der Waals surface area (Å²) >= 11 is 7.33. The monoisotopic (exact) mass is 413 g/mol. The van der Waals surface area contributed by atoms with Crippen LogP contribution in [0.5, 0.6) is 5.75 Å². The van der Waals surface area contributed by atoms with Crippen LogP contribution < -0.4 is 4.90 Å². The second-order valence-electron chi connectivity index (χ2n) is 6.04. The normalized spacial score (nSPS) is 41.0. The van der Waals surface area contributed by atoms with Gasteiger partial charge in [-0.2, -0.15) is 0 Å². The molecule has 2 aliphatic carbocycles. The zero-order valence-electron chi connectivity index (χ0n) is 10.9. The highest BCUT2D eigenvalue weighted by atomic mass is 79.9. The first-order chi connectivity index (χ1) is 10.0. The molecule has 2 saturated carbocycles. The van der Waals surface area contributed by atoms with Gasteiger partial charge in [-0.3, -0.25) is 9.59 Å². The highest BCUT2D eigenvalue weighted by Crippen LogP contribution is 2.60. The molecule has 1 N–H and O–H groups in total. The topological polar surface area (TPSA) is 57.6 Å². The van der Waals surface area contributed by atoms with E-state index in [1.807, 2.05) is 0 Å². The second kappa shape index (κ2) is 4.56. The van der Waals surface area contributed by atoms with Gasteiger partial charge in [-0.05, 0) is 30.4 Å². The lowest BCUT2D eigenvalue weighted by Gasteiger charge is -2.28. The van der Waals surface area contributed by atoms with Gasteiger partial charge in [-0.1, -0.05) is 37.9 Å². The Morgan fingerprint density at radius 1 is 1.05 bits per heavy atom. The average molecular weight is 415 g/mol. The molecule has 3 aliphatic rings. The van der Waals surface area contributed by atoms with E-state index in [2.05, 4.69) is 31.9 Å². The van der Waals surface area contributed by atoms with Gasteiger partial charge in [0.05, 0.1) is 17.5 Å². The van der Waals surface area contributed by atoms with Crippen molar-refractivity contribution in [2.24, 2.45) is 23.7 Å². The number of rotatable bonds is 1. The molecule has 6 atom stereocenters. The number of halogens is 2. The largest absolute Gasteiger partial charge is 0.508 e. The summed E-state index contributed by atoms with van der Waals surface area (Å²) in [7, 11) is 0. The number of hydrogen-bond acceptors (Lipinski definition) is 3. The van der Waals surface area contributed by atoms with Crippen molar-refractivity contribution < 1.29 is 14.7 Å². The fourth-order valence-corrected chi connectivity index (χ4v) is 6.11. The number of nitrogens with zero attached hydrogens (tertiary/aromatic N) is 1. The van der Waals surface area contributed by atoms with E-state index in [4.69, 9.17) is 0 Å². The van der Waals surface area contributed by atoms with Crippen LogP contribution in [0, 0.1) is 23.7 Å². The first-order valence-electron chi connectivity index (χ1n) is 6.95. The van der Waals surface area contributed by atoms with E-state index in [1.165, 1.54) is 17.0 Å². The van der Waals surface area contributed by atoms with Gasteiger partial charge < -0.3 is 5.11 Å². The minimum absolute atomic E-state index is 0.0601. The molecule has 1 aliphatic heterocycles. The Morgan fingerprint density at radius 3 is 2.14 bits per heavy atom. The molecule has 2 amide bonds. The van der Waals surface area contributed by atoms with E-state index in [0.717, 1.165) is 6.42 Å². The van der Waals surface area contributed by atoms with Crippen LogP contribution in [-0.2, 0) is 9.59 Å². The van der Waals surface area contributed by atoms with Crippen LogP contribution in [0.1, 0.15) is 6.42 Å². The minimum Gasteiger partial charge on any atom is -0.508 e. The smallest absolute Gasteiger partial charge is 0.238 e. The van der Waals surface area contributed by atoms with Gasteiger partial charge in [-0.25, -0.2) is 4.90 Å². The van der Waals surface area contributed by atoms with E-state index in [-0.39, 0.29) is 50.9 Å². The van der Waals surface area contributed by atoms with E-state index in [1.54, 1.807) is 12.1 Å². The van der Waals surface area contributed by atoms with Crippen LogP contribution in [0.2, 0.25) is 0 Å².